The topological polar surface area (TPSA) is 101 Å². The molecular formula is C7H9NO4. The van der Waals surface area contributed by atoms with Gasteiger partial charge in [0, 0.05) is 5.57 Å². The van der Waals surface area contributed by atoms with Gasteiger partial charge in [-0.1, -0.05) is 0 Å². The highest BCUT2D eigenvalue weighted by Gasteiger charge is 2.37. The van der Waals surface area contributed by atoms with Crippen LogP contribution in [0.4, 0.5) is 0 Å². The minimum absolute atomic E-state index is 0.0832. The van der Waals surface area contributed by atoms with Crippen molar-refractivity contribution in [2.24, 2.45) is 5.73 Å². The van der Waals surface area contributed by atoms with Gasteiger partial charge in [0.15, 0.2) is 0 Å². The molecule has 66 valence electrons. The number of carboxylic acid groups (broad SMARTS) is 2. The van der Waals surface area contributed by atoms with Gasteiger partial charge < -0.3 is 15.9 Å². The van der Waals surface area contributed by atoms with E-state index in [-0.39, 0.29) is 18.4 Å². The van der Waals surface area contributed by atoms with Gasteiger partial charge in [-0.15, -0.1) is 0 Å². The molecule has 0 aromatic rings. The Bertz CT molecular complexity index is 271. The molecule has 0 saturated heterocycles. The first-order chi connectivity index (χ1) is 5.46. The third kappa shape index (κ3) is 1.31. The van der Waals surface area contributed by atoms with Crippen LogP contribution in [0, 0.1) is 0 Å². The molecule has 1 aliphatic carbocycles. The number of rotatable bonds is 2. The summed E-state index contributed by atoms with van der Waals surface area (Å²) in [5.41, 5.74) is 4.00. The van der Waals surface area contributed by atoms with Crippen molar-refractivity contribution in [1.29, 1.82) is 0 Å². The Labute approximate surface area is 68.5 Å². The van der Waals surface area contributed by atoms with Gasteiger partial charge in [0.05, 0.1) is 0 Å². The third-order valence-electron chi connectivity index (χ3n) is 1.91. The lowest BCUT2D eigenvalue weighted by atomic mass is 10.0. The van der Waals surface area contributed by atoms with Crippen LogP contribution in [0.1, 0.15) is 12.8 Å². The number of aliphatic carboxylic acids is 2. The number of nitrogens with two attached hydrogens (primary N) is 1. The van der Waals surface area contributed by atoms with Gasteiger partial charge in [0.1, 0.15) is 5.54 Å². The maximum absolute atomic E-state index is 10.5. The minimum atomic E-state index is -1.48. The van der Waals surface area contributed by atoms with Crippen LogP contribution in [-0.2, 0) is 9.59 Å². The van der Waals surface area contributed by atoms with E-state index in [2.05, 4.69) is 0 Å². The maximum Gasteiger partial charge on any atom is 0.331 e. The van der Waals surface area contributed by atoms with Crippen LogP contribution in [0.3, 0.4) is 0 Å². The van der Waals surface area contributed by atoms with Gasteiger partial charge in [-0.05, 0) is 18.9 Å². The molecular weight excluding hydrogens is 162 g/mol. The van der Waals surface area contributed by atoms with Crippen molar-refractivity contribution in [2.75, 3.05) is 0 Å². The summed E-state index contributed by atoms with van der Waals surface area (Å²) in [5, 5.41) is 17.1. The van der Waals surface area contributed by atoms with Crippen molar-refractivity contribution in [3.8, 4) is 0 Å². The Morgan fingerprint density at radius 2 is 2.08 bits per heavy atom. The zero-order valence-corrected chi connectivity index (χ0v) is 6.28. The van der Waals surface area contributed by atoms with Gasteiger partial charge in [-0.2, -0.15) is 0 Å². The summed E-state index contributed by atoms with van der Waals surface area (Å²) in [6.07, 6.45) is 1.49. The average Bonchev–Trinajstić information content (AvgIpc) is 2.33. The average molecular weight is 171 g/mol. The molecule has 1 unspecified atom stereocenters. The summed E-state index contributed by atoms with van der Waals surface area (Å²) in [4.78, 5) is 20.9. The second kappa shape index (κ2) is 2.60. The van der Waals surface area contributed by atoms with Crippen LogP contribution >= 0.6 is 0 Å². The van der Waals surface area contributed by atoms with E-state index in [0.717, 1.165) is 6.08 Å². The molecule has 0 aliphatic heterocycles. The number of hydrogen-bond donors (Lipinski definition) is 3. The molecule has 1 aliphatic rings. The fourth-order valence-corrected chi connectivity index (χ4v) is 1.13. The van der Waals surface area contributed by atoms with Gasteiger partial charge >= 0.3 is 11.9 Å². The fourth-order valence-electron chi connectivity index (χ4n) is 1.13. The van der Waals surface area contributed by atoms with Crippen molar-refractivity contribution in [2.45, 2.75) is 18.4 Å². The SMILES string of the molecule is NC1(C(=O)O)C=C(C(=O)O)CC1. The van der Waals surface area contributed by atoms with Crippen molar-refractivity contribution >= 4 is 11.9 Å². The van der Waals surface area contributed by atoms with Crippen molar-refractivity contribution in [3.63, 3.8) is 0 Å². The molecule has 0 fully saturated rings. The molecule has 0 amide bonds. The first-order valence-electron chi connectivity index (χ1n) is 3.43. The van der Waals surface area contributed by atoms with Gasteiger partial charge in [0.2, 0.25) is 0 Å². The largest absolute Gasteiger partial charge is 0.480 e. The second-order valence-corrected chi connectivity index (χ2v) is 2.82. The summed E-state index contributed by atoms with van der Waals surface area (Å²) in [7, 11) is 0. The van der Waals surface area contributed by atoms with Crippen molar-refractivity contribution < 1.29 is 19.8 Å². The number of hydrogen-bond acceptors (Lipinski definition) is 3. The molecule has 5 heteroatoms. The molecule has 5 nitrogen and oxygen atoms in total. The number of carboxylic acids is 2. The first kappa shape index (κ1) is 8.73. The van der Waals surface area contributed by atoms with Crippen LogP contribution in [-0.4, -0.2) is 27.7 Å². The van der Waals surface area contributed by atoms with E-state index < -0.39 is 17.5 Å². The van der Waals surface area contributed by atoms with E-state index in [1.54, 1.807) is 0 Å². The zero-order valence-electron chi connectivity index (χ0n) is 6.28. The Morgan fingerprint density at radius 3 is 2.33 bits per heavy atom. The molecule has 0 aromatic heterocycles. The minimum Gasteiger partial charge on any atom is -0.480 e. The third-order valence-corrected chi connectivity index (χ3v) is 1.91. The molecule has 4 N–H and O–H groups in total. The normalized spacial score (nSPS) is 28.2. The maximum atomic E-state index is 10.5. The summed E-state index contributed by atoms with van der Waals surface area (Å²) >= 11 is 0. The van der Waals surface area contributed by atoms with E-state index in [9.17, 15) is 9.59 Å². The van der Waals surface area contributed by atoms with E-state index in [0.29, 0.717) is 0 Å². The van der Waals surface area contributed by atoms with Crippen molar-refractivity contribution in [1.82, 2.24) is 0 Å². The standard InChI is InChI=1S/C7H9NO4/c8-7(6(11)12)2-1-4(3-7)5(9)10/h3H,1-2,8H2,(H,9,10)(H,11,12). The summed E-state index contributed by atoms with van der Waals surface area (Å²) in [6.45, 7) is 0. The predicted octanol–water partition coefficient (Wildman–Crippen LogP) is -0.427. The van der Waals surface area contributed by atoms with Crippen molar-refractivity contribution in [3.05, 3.63) is 11.6 Å². The van der Waals surface area contributed by atoms with E-state index in [1.165, 1.54) is 0 Å². The molecule has 1 atom stereocenters. The highest BCUT2D eigenvalue weighted by Crippen LogP contribution is 2.26. The van der Waals surface area contributed by atoms with Crippen LogP contribution in [0.15, 0.2) is 11.6 Å². The van der Waals surface area contributed by atoms with Gasteiger partial charge in [-0.3, -0.25) is 0 Å². The lowest BCUT2D eigenvalue weighted by Crippen LogP contribution is -2.44. The van der Waals surface area contributed by atoms with Crippen LogP contribution in [0.25, 0.3) is 0 Å². The summed E-state index contributed by atoms with van der Waals surface area (Å²) in [5.74, 6) is -2.28. The number of carbonyl (C=O) groups is 2. The molecule has 0 saturated carbocycles. The predicted molar refractivity (Wildman–Crippen MR) is 39.5 cm³/mol. The van der Waals surface area contributed by atoms with E-state index >= 15 is 0 Å². The smallest absolute Gasteiger partial charge is 0.331 e. The zero-order chi connectivity index (χ0) is 9.35. The Balaban J connectivity index is 2.89. The molecule has 0 radical (unpaired) electrons. The molecule has 0 heterocycles. The first-order valence-corrected chi connectivity index (χ1v) is 3.43. The van der Waals surface area contributed by atoms with E-state index in [1.807, 2.05) is 0 Å². The van der Waals surface area contributed by atoms with E-state index in [4.69, 9.17) is 15.9 Å². The van der Waals surface area contributed by atoms with Crippen LogP contribution in [0.5, 0.6) is 0 Å². The summed E-state index contributed by atoms with van der Waals surface area (Å²) in [6, 6.07) is 0. The van der Waals surface area contributed by atoms with Crippen LogP contribution in [0.2, 0.25) is 0 Å². The summed E-state index contributed by atoms with van der Waals surface area (Å²) < 4.78 is 0. The Kier molecular flexibility index (Phi) is 1.89. The highest BCUT2D eigenvalue weighted by atomic mass is 16.4. The fraction of sp³-hybridized carbons (Fsp3) is 0.429. The monoisotopic (exact) mass is 171 g/mol. The molecule has 1 rings (SSSR count). The van der Waals surface area contributed by atoms with Crippen LogP contribution < -0.4 is 5.73 Å². The lowest BCUT2D eigenvalue weighted by Gasteiger charge is -2.13. The molecule has 0 spiro atoms. The second-order valence-electron chi connectivity index (χ2n) is 2.82. The molecule has 0 aromatic carbocycles. The quantitative estimate of drug-likeness (QED) is 0.523. The Morgan fingerprint density at radius 1 is 1.50 bits per heavy atom. The van der Waals surface area contributed by atoms with Gasteiger partial charge in [0.25, 0.3) is 0 Å². The Hall–Kier alpha value is -1.36. The highest BCUT2D eigenvalue weighted by molar-refractivity contribution is 5.92. The molecule has 0 bridgehead atoms. The van der Waals surface area contributed by atoms with Gasteiger partial charge in [-0.25, -0.2) is 9.59 Å². The molecule has 12 heavy (non-hydrogen) atoms. The lowest BCUT2D eigenvalue weighted by molar-refractivity contribution is -0.141.